The molecule has 0 unspecified atom stereocenters. The van der Waals surface area contributed by atoms with Gasteiger partial charge in [-0.05, 0) is 30.3 Å². The molecule has 0 saturated carbocycles. The first-order chi connectivity index (χ1) is 12.8. The lowest BCUT2D eigenvalue weighted by molar-refractivity contribution is -0.137. The van der Waals surface area contributed by atoms with Crippen molar-refractivity contribution in [1.29, 1.82) is 0 Å². The minimum absolute atomic E-state index is 0.0179. The number of alkyl halides is 3. The van der Waals surface area contributed by atoms with E-state index in [-0.39, 0.29) is 37.6 Å². The van der Waals surface area contributed by atoms with Gasteiger partial charge in [-0.1, -0.05) is 29.8 Å². The maximum atomic E-state index is 12.8. The second-order valence-corrected chi connectivity index (χ2v) is 6.55. The van der Waals surface area contributed by atoms with E-state index in [0.717, 1.165) is 12.1 Å². The molecule has 0 radical (unpaired) electrons. The Hall–Kier alpha value is -2.54. The monoisotopic (exact) mass is 396 g/mol. The van der Waals surface area contributed by atoms with Crippen molar-refractivity contribution in [2.75, 3.05) is 26.2 Å². The van der Waals surface area contributed by atoms with Gasteiger partial charge in [-0.25, -0.2) is 0 Å². The summed E-state index contributed by atoms with van der Waals surface area (Å²) in [5.41, 5.74) is -0.492. The Bertz CT molecular complexity index is 862. The minimum atomic E-state index is -4.50. The molecular formula is C19H16ClF3N2O2. The van der Waals surface area contributed by atoms with Crippen LogP contribution in [0.3, 0.4) is 0 Å². The van der Waals surface area contributed by atoms with Gasteiger partial charge in [-0.3, -0.25) is 9.59 Å². The van der Waals surface area contributed by atoms with Crippen molar-refractivity contribution >= 4 is 23.4 Å². The van der Waals surface area contributed by atoms with E-state index in [1.165, 1.54) is 17.0 Å². The van der Waals surface area contributed by atoms with Gasteiger partial charge in [0.2, 0.25) is 0 Å². The quantitative estimate of drug-likeness (QED) is 0.771. The lowest BCUT2D eigenvalue weighted by Gasteiger charge is -2.35. The van der Waals surface area contributed by atoms with Gasteiger partial charge in [0.15, 0.2) is 0 Å². The third-order valence-corrected chi connectivity index (χ3v) is 4.72. The van der Waals surface area contributed by atoms with Crippen LogP contribution in [0.25, 0.3) is 0 Å². The molecule has 1 heterocycles. The number of benzene rings is 2. The van der Waals surface area contributed by atoms with E-state index in [0.29, 0.717) is 10.6 Å². The molecule has 0 spiro atoms. The molecule has 2 aromatic rings. The Balaban J connectivity index is 1.66. The third kappa shape index (κ3) is 4.24. The molecule has 8 heteroatoms. The Morgan fingerprint density at radius 2 is 1.44 bits per heavy atom. The molecule has 1 fully saturated rings. The molecule has 1 aliphatic heterocycles. The van der Waals surface area contributed by atoms with E-state index < -0.39 is 17.6 Å². The van der Waals surface area contributed by atoms with Crippen LogP contribution < -0.4 is 0 Å². The Morgan fingerprint density at radius 3 is 2.04 bits per heavy atom. The summed E-state index contributed by atoms with van der Waals surface area (Å²) >= 11 is 6.05. The van der Waals surface area contributed by atoms with Gasteiger partial charge >= 0.3 is 6.18 Å². The molecule has 4 nitrogen and oxygen atoms in total. The van der Waals surface area contributed by atoms with Crippen LogP contribution in [-0.2, 0) is 6.18 Å². The van der Waals surface area contributed by atoms with Gasteiger partial charge in [0.05, 0.1) is 16.1 Å². The zero-order valence-corrected chi connectivity index (χ0v) is 14.9. The summed E-state index contributed by atoms with van der Waals surface area (Å²) in [6, 6.07) is 11.1. The van der Waals surface area contributed by atoms with Crippen molar-refractivity contribution in [1.82, 2.24) is 9.80 Å². The number of hydrogen-bond acceptors (Lipinski definition) is 2. The highest BCUT2D eigenvalue weighted by Crippen LogP contribution is 2.30. The Morgan fingerprint density at radius 1 is 0.852 bits per heavy atom. The van der Waals surface area contributed by atoms with Crippen LogP contribution >= 0.6 is 11.6 Å². The van der Waals surface area contributed by atoms with Crippen LogP contribution in [0, 0.1) is 0 Å². The smallest absolute Gasteiger partial charge is 0.335 e. The number of rotatable bonds is 2. The topological polar surface area (TPSA) is 40.6 Å². The van der Waals surface area contributed by atoms with Gasteiger partial charge < -0.3 is 9.80 Å². The van der Waals surface area contributed by atoms with E-state index in [4.69, 9.17) is 11.6 Å². The zero-order chi connectivity index (χ0) is 19.6. The van der Waals surface area contributed by atoms with Gasteiger partial charge in [0, 0.05) is 31.7 Å². The van der Waals surface area contributed by atoms with Crippen molar-refractivity contribution in [2.24, 2.45) is 0 Å². The van der Waals surface area contributed by atoms with Crippen LogP contribution in [-0.4, -0.2) is 47.8 Å². The minimum Gasteiger partial charge on any atom is -0.335 e. The number of carbonyl (C=O) groups excluding carboxylic acids is 2. The van der Waals surface area contributed by atoms with Gasteiger partial charge in [-0.2, -0.15) is 13.2 Å². The van der Waals surface area contributed by atoms with Crippen LogP contribution in [0.15, 0.2) is 48.5 Å². The predicted molar refractivity (Wildman–Crippen MR) is 94.7 cm³/mol. The highest BCUT2D eigenvalue weighted by atomic mass is 35.5. The number of hydrogen-bond donors (Lipinski definition) is 0. The molecule has 0 N–H and O–H groups in total. The number of piperazine rings is 1. The average Bonchev–Trinajstić information content (AvgIpc) is 2.67. The van der Waals surface area contributed by atoms with E-state index in [9.17, 15) is 22.8 Å². The molecule has 1 aliphatic rings. The molecule has 3 rings (SSSR count). The summed E-state index contributed by atoms with van der Waals surface area (Å²) in [4.78, 5) is 28.1. The maximum Gasteiger partial charge on any atom is 0.416 e. The summed E-state index contributed by atoms with van der Waals surface area (Å²) in [7, 11) is 0. The molecule has 142 valence electrons. The van der Waals surface area contributed by atoms with E-state index in [1.807, 2.05) is 0 Å². The molecule has 0 aliphatic carbocycles. The summed E-state index contributed by atoms with van der Waals surface area (Å²) in [6.07, 6.45) is -4.50. The van der Waals surface area contributed by atoms with E-state index in [1.54, 1.807) is 29.2 Å². The predicted octanol–water partition coefficient (Wildman–Crippen LogP) is 3.96. The van der Waals surface area contributed by atoms with Crippen molar-refractivity contribution in [2.45, 2.75) is 6.18 Å². The van der Waals surface area contributed by atoms with E-state index >= 15 is 0 Å². The number of halogens is 4. The number of carbonyl (C=O) groups is 2. The lowest BCUT2D eigenvalue weighted by atomic mass is 10.1. The number of nitrogens with zero attached hydrogens (tertiary/aromatic N) is 2. The first-order valence-corrected chi connectivity index (χ1v) is 8.65. The van der Waals surface area contributed by atoms with Crippen molar-refractivity contribution < 1.29 is 22.8 Å². The fourth-order valence-corrected chi connectivity index (χ4v) is 3.15. The first kappa shape index (κ1) is 19.2. The molecule has 0 atom stereocenters. The van der Waals surface area contributed by atoms with Crippen LogP contribution in [0.1, 0.15) is 26.3 Å². The summed E-state index contributed by atoms with van der Waals surface area (Å²) in [5, 5.41) is 0.352. The van der Waals surface area contributed by atoms with Gasteiger partial charge in [0.25, 0.3) is 11.8 Å². The van der Waals surface area contributed by atoms with Crippen molar-refractivity contribution in [3.63, 3.8) is 0 Å². The largest absolute Gasteiger partial charge is 0.416 e. The van der Waals surface area contributed by atoms with Gasteiger partial charge in [0.1, 0.15) is 0 Å². The van der Waals surface area contributed by atoms with Crippen LogP contribution in [0.5, 0.6) is 0 Å². The van der Waals surface area contributed by atoms with Crippen molar-refractivity contribution in [3.8, 4) is 0 Å². The van der Waals surface area contributed by atoms with Crippen LogP contribution in [0.2, 0.25) is 5.02 Å². The maximum absolute atomic E-state index is 12.8. The molecule has 0 bridgehead atoms. The summed E-state index contributed by atoms with van der Waals surface area (Å²) in [5.74, 6) is -0.710. The Kier molecular flexibility index (Phi) is 5.41. The SMILES string of the molecule is O=C(c1cccc(C(F)(F)F)c1)N1CCN(C(=O)c2ccccc2Cl)CC1. The molecule has 27 heavy (non-hydrogen) atoms. The Labute approximate surface area is 159 Å². The molecule has 2 aromatic carbocycles. The standard InChI is InChI=1S/C19H16ClF3N2O2/c20-16-7-2-1-6-15(16)18(27)25-10-8-24(9-11-25)17(26)13-4-3-5-14(12-13)19(21,22)23/h1-7,12H,8-11H2. The lowest BCUT2D eigenvalue weighted by Crippen LogP contribution is -2.50. The molecule has 0 aromatic heterocycles. The third-order valence-electron chi connectivity index (χ3n) is 4.40. The molecular weight excluding hydrogens is 381 g/mol. The molecule has 1 saturated heterocycles. The van der Waals surface area contributed by atoms with Gasteiger partial charge in [-0.15, -0.1) is 0 Å². The highest BCUT2D eigenvalue weighted by Gasteiger charge is 2.32. The second kappa shape index (κ2) is 7.60. The highest BCUT2D eigenvalue weighted by molar-refractivity contribution is 6.33. The fourth-order valence-electron chi connectivity index (χ4n) is 2.93. The first-order valence-electron chi connectivity index (χ1n) is 8.28. The summed E-state index contributed by atoms with van der Waals surface area (Å²) in [6.45, 7) is 1.06. The van der Waals surface area contributed by atoms with Crippen LogP contribution in [0.4, 0.5) is 13.2 Å². The fraction of sp³-hybridized carbons (Fsp3) is 0.263. The zero-order valence-electron chi connectivity index (χ0n) is 14.2. The van der Waals surface area contributed by atoms with E-state index in [2.05, 4.69) is 0 Å². The average molecular weight is 397 g/mol. The van der Waals surface area contributed by atoms with Crippen molar-refractivity contribution in [3.05, 3.63) is 70.2 Å². The normalized spacial score (nSPS) is 15.0. The number of amides is 2. The molecule has 2 amide bonds. The second-order valence-electron chi connectivity index (χ2n) is 6.14. The summed E-state index contributed by atoms with van der Waals surface area (Å²) < 4.78 is 38.5.